The third-order valence-corrected chi connectivity index (χ3v) is 5.20. The standard InChI is InChI=1S/C17H14F4N4OS2/c1-9(25-14(23-24-16(25)27)13-3-2-6-28-13)15(26)22-8-10-4-5-11(18)7-12(10)17(19,20)21/h2-7,9H,8H2,1H3,(H,22,26)(H,24,27). The number of H-pyrrole nitrogens is 1. The number of amides is 1. The maximum Gasteiger partial charge on any atom is 0.416 e. The van der Waals surface area contributed by atoms with E-state index in [-0.39, 0.29) is 10.3 Å². The van der Waals surface area contributed by atoms with Gasteiger partial charge >= 0.3 is 6.18 Å². The molecule has 3 rings (SSSR count). The Balaban J connectivity index is 1.81. The zero-order chi connectivity index (χ0) is 20.5. The first-order chi connectivity index (χ1) is 13.2. The zero-order valence-electron chi connectivity index (χ0n) is 14.4. The molecule has 0 radical (unpaired) electrons. The van der Waals surface area contributed by atoms with Gasteiger partial charge < -0.3 is 5.32 Å². The van der Waals surface area contributed by atoms with E-state index in [2.05, 4.69) is 15.5 Å². The lowest BCUT2D eigenvalue weighted by molar-refractivity contribution is -0.138. The number of nitrogens with one attached hydrogen (secondary N) is 2. The van der Waals surface area contributed by atoms with Crippen LogP contribution in [0.5, 0.6) is 0 Å². The SMILES string of the molecule is CC(C(=O)NCc1ccc(F)cc1C(F)(F)F)n1c(-c2cccs2)n[nH]c1=S. The summed E-state index contributed by atoms with van der Waals surface area (Å²) in [4.78, 5) is 13.3. The number of aromatic amines is 1. The Hall–Kier alpha value is -2.53. The smallest absolute Gasteiger partial charge is 0.350 e. The minimum absolute atomic E-state index is 0.212. The van der Waals surface area contributed by atoms with Gasteiger partial charge in [0.1, 0.15) is 11.9 Å². The molecule has 2 aromatic heterocycles. The first kappa shape index (κ1) is 20.2. The van der Waals surface area contributed by atoms with Gasteiger partial charge in [-0.2, -0.15) is 18.3 Å². The van der Waals surface area contributed by atoms with Crippen molar-refractivity contribution in [3.8, 4) is 10.7 Å². The van der Waals surface area contributed by atoms with Crippen LogP contribution in [0, 0.1) is 10.6 Å². The highest BCUT2D eigenvalue weighted by Gasteiger charge is 2.34. The van der Waals surface area contributed by atoms with Gasteiger partial charge in [-0.25, -0.2) is 4.39 Å². The van der Waals surface area contributed by atoms with Crippen LogP contribution in [0.4, 0.5) is 17.6 Å². The largest absolute Gasteiger partial charge is 0.416 e. The number of aromatic nitrogens is 3. The van der Waals surface area contributed by atoms with Gasteiger partial charge in [-0.15, -0.1) is 11.3 Å². The molecule has 11 heteroatoms. The van der Waals surface area contributed by atoms with Crippen molar-refractivity contribution in [2.24, 2.45) is 0 Å². The Labute approximate surface area is 166 Å². The molecule has 1 unspecified atom stereocenters. The summed E-state index contributed by atoms with van der Waals surface area (Å²) < 4.78 is 54.2. The number of nitrogens with zero attached hydrogens (tertiary/aromatic N) is 2. The molecule has 0 aliphatic heterocycles. The molecule has 0 bridgehead atoms. The van der Waals surface area contributed by atoms with Crippen molar-refractivity contribution in [1.82, 2.24) is 20.1 Å². The lowest BCUT2D eigenvalue weighted by Crippen LogP contribution is -2.31. The molecule has 5 nitrogen and oxygen atoms in total. The topological polar surface area (TPSA) is 62.7 Å². The van der Waals surface area contributed by atoms with Gasteiger partial charge in [0.25, 0.3) is 0 Å². The summed E-state index contributed by atoms with van der Waals surface area (Å²) in [6.07, 6.45) is -4.73. The third-order valence-electron chi connectivity index (χ3n) is 4.04. The second kappa shape index (κ2) is 7.84. The van der Waals surface area contributed by atoms with E-state index in [9.17, 15) is 22.4 Å². The Morgan fingerprint density at radius 2 is 2.14 bits per heavy atom. The highest BCUT2D eigenvalue weighted by atomic mass is 32.1. The second-order valence-electron chi connectivity index (χ2n) is 5.89. The monoisotopic (exact) mass is 430 g/mol. The molecule has 1 amide bonds. The van der Waals surface area contributed by atoms with Crippen LogP contribution in [-0.4, -0.2) is 20.7 Å². The molecule has 0 aliphatic carbocycles. The van der Waals surface area contributed by atoms with Crippen molar-refractivity contribution < 1.29 is 22.4 Å². The van der Waals surface area contributed by atoms with Gasteiger partial charge in [-0.1, -0.05) is 12.1 Å². The fourth-order valence-electron chi connectivity index (χ4n) is 2.66. The van der Waals surface area contributed by atoms with Gasteiger partial charge in [0.05, 0.1) is 10.4 Å². The van der Waals surface area contributed by atoms with Gasteiger partial charge in [-0.05, 0) is 48.3 Å². The first-order valence-corrected chi connectivity index (χ1v) is 9.31. The number of carbonyl (C=O) groups excluding carboxylic acids is 1. The van der Waals surface area contributed by atoms with Crippen LogP contribution >= 0.6 is 23.6 Å². The Morgan fingerprint density at radius 3 is 2.79 bits per heavy atom. The fraction of sp³-hybridized carbons (Fsp3) is 0.235. The molecule has 28 heavy (non-hydrogen) atoms. The maximum atomic E-state index is 13.2. The molecule has 0 saturated carbocycles. The quantitative estimate of drug-likeness (QED) is 0.455. The predicted octanol–water partition coefficient (Wildman–Crippen LogP) is 4.70. The number of hydrogen-bond donors (Lipinski definition) is 2. The average molecular weight is 430 g/mol. The molecule has 0 aliphatic rings. The average Bonchev–Trinajstić information content (AvgIpc) is 3.28. The highest BCUT2D eigenvalue weighted by Crippen LogP contribution is 2.32. The number of halogens is 4. The van der Waals surface area contributed by atoms with Crippen LogP contribution in [0.1, 0.15) is 24.1 Å². The summed E-state index contributed by atoms with van der Waals surface area (Å²) in [5.74, 6) is -1.09. The van der Waals surface area contributed by atoms with Crippen molar-refractivity contribution in [2.75, 3.05) is 0 Å². The molecule has 1 atom stereocenters. The fourth-order valence-corrected chi connectivity index (χ4v) is 3.66. The third kappa shape index (κ3) is 4.14. The predicted molar refractivity (Wildman–Crippen MR) is 98.7 cm³/mol. The van der Waals surface area contributed by atoms with Gasteiger partial charge in [-0.3, -0.25) is 14.5 Å². The molecule has 148 valence electrons. The van der Waals surface area contributed by atoms with E-state index < -0.39 is 36.1 Å². The summed E-state index contributed by atoms with van der Waals surface area (Å²) in [6, 6.07) is 5.14. The molecule has 2 heterocycles. The minimum atomic E-state index is -4.73. The number of alkyl halides is 3. The number of carbonyl (C=O) groups is 1. The van der Waals surface area contributed by atoms with Gasteiger partial charge in [0, 0.05) is 6.54 Å². The van der Waals surface area contributed by atoms with Gasteiger partial charge in [0.15, 0.2) is 10.6 Å². The molecule has 0 saturated heterocycles. The molecule has 1 aromatic carbocycles. The van der Waals surface area contributed by atoms with E-state index in [1.165, 1.54) is 15.9 Å². The van der Waals surface area contributed by atoms with Crippen molar-refractivity contribution in [2.45, 2.75) is 25.7 Å². The Kier molecular flexibility index (Phi) is 5.66. The second-order valence-corrected chi connectivity index (χ2v) is 7.23. The summed E-state index contributed by atoms with van der Waals surface area (Å²) in [7, 11) is 0. The summed E-state index contributed by atoms with van der Waals surface area (Å²) >= 11 is 6.59. The number of hydrogen-bond acceptors (Lipinski definition) is 4. The van der Waals surface area contributed by atoms with E-state index in [0.717, 1.165) is 17.0 Å². The van der Waals surface area contributed by atoms with Crippen molar-refractivity contribution in [1.29, 1.82) is 0 Å². The van der Waals surface area contributed by atoms with Crippen LogP contribution < -0.4 is 5.32 Å². The van der Waals surface area contributed by atoms with Crippen LogP contribution in [-0.2, 0) is 17.5 Å². The van der Waals surface area contributed by atoms with Crippen molar-refractivity contribution >= 4 is 29.5 Å². The van der Waals surface area contributed by atoms with E-state index >= 15 is 0 Å². The molecular formula is C17H14F4N4OS2. The molecule has 0 spiro atoms. The summed E-state index contributed by atoms with van der Waals surface area (Å²) in [6.45, 7) is 1.16. The molecule has 0 fully saturated rings. The Morgan fingerprint density at radius 1 is 1.39 bits per heavy atom. The lowest BCUT2D eigenvalue weighted by atomic mass is 10.1. The van der Waals surface area contributed by atoms with E-state index in [1.807, 2.05) is 17.5 Å². The Bertz CT molecular complexity index is 1040. The zero-order valence-corrected chi connectivity index (χ0v) is 16.0. The van der Waals surface area contributed by atoms with E-state index in [0.29, 0.717) is 11.9 Å². The van der Waals surface area contributed by atoms with Crippen molar-refractivity contribution in [3.63, 3.8) is 0 Å². The highest BCUT2D eigenvalue weighted by molar-refractivity contribution is 7.71. The summed E-state index contributed by atoms with van der Waals surface area (Å²) in [5.41, 5.74) is -1.36. The van der Waals surface area contributed by atoms with Crippen LogP contribution in [0.25, 0.3) is 10.7 Å². The van der Waals surface area contributed by atoms with E-state index in [4.69, 9.17) is 12.2 Å². The van der Waals surface area contributed by atoms with Crippen LogP contribution in [0.3, 0.4) is 0 Å². The lowest BCUT2D eigenvalue weighted by Gasteiger charge is -2.17. The molecule has 2 N–H and O–H groups in total. The minimum Gasteiger partial charge on any atom is -0.350 e. The van der Waals surface area contributed by atoms with Gasteiger partial charge in [0.2, 0.25) is 5.91 Å². The van der Waals surface area contributed by atoms with Crippen LogP contribution in [0.2, 0.25) is 0 Å². The normalized spacial score (nSPS) is 12.8. The first-order valence-electron chi connectivity index (χ1n) is 8.02. The van der Waals surface area contributed by atoms with Crippen molar-refractivity contribution in [3.05, 3.63) is 57.4 Å². The van der Waals surface area contributed by atoms with Crippen LogP contribution in [0.15, 0.2) is 35.7 Å². The maximum absolute atomic E-state index is 13.2. The number of benzene rings is 1. The number of thiophene rings is 1. The molecule has 3 aromatic rings. The molecular weight excluding hydrogens is 416 g/mol. The number of rotatable bonds is 5. The van der Waals surface area contributed by atoms with E-state index in [1.54, 1.807) is 6.92 Å². The summed E-state index contributed by atoms with van der Waals surface area (Å²) in [5, 5.41) is 11.0.